The van der Waals surface area contributed by atoms with E-state index in [1.54, 1.807) is 31.4 Å². The lowest BCUT2D eigenvalue weighted by atomic mass is 9.84. The Bertz CT molecular complexity index is 1400. The monoisotopic (exact) mass is 513 g/mol. The van der Waals surface area contributed by atoms with Crippen molar-refractivity contribution in [3.05, 3.63) is 94.6 Å². The summed E-state index contributed by atoms with van der Waals surface area (Å²) in [6.45, 7) is 10.7. The van der Waals surface area contributed by atoms with E-state index in [-0.39, 0.29) is 16.7 Å². The Hall–Kier alpha value is -4.06. The summed E-state index contributed by atoms with van der Waals surface area (Å²) in [5.74, 6) is -0.462. The molecule has 1 N–H and O–H groups in total. The van der Waals surface area contributed by atoms with E-state index in [2.05, 4.69) is 20.8 Å². The van der Waals surface area contributed by atoms with Crippen molar-refractivity contribution >= 4 is 23.1 Å². The molecular formula is C32H35NO5. The largest absolute Gasteiger partial charge is 0.507 e. The van der Waals surface area contributed by atoms with E-state index < -0.39 is 17.7 Å². The van der Waals surface area contributed by atoms with Crippen molar-refractivity contribution in [1.82, 2.24) is 0 Å². The van der Waals surface area contributed by atoms with Crippen LogP contribution in [0.4, 0.5) is 5.69 Å². The molecule has 3 aromatic carbocycles. The number of carbonyl (C=O) groups is 2. The molecule has 1 atom stereocenters. The molecule has 198 valence electrons. The van der Waals surface area contributed by atoms with Crippen LogP contribution in [0.2, 0.25) is 0 Å². The van der Waals surface area contributed by atoms with Crippen molar-refractivity contribution < 1.29 is 24.2 Å². The van der Waals surface area contributed by atoms with Crippen LogP contribution >= 0.6 is 0 Å². The predicted octanol–water partition coefficient (Wildman–Crippen LogP) is 6.72. The predicted molar refractivity (Wildman–Crippen MR) is 150 cm³/mol. The average Bonchev–Trinajstić information content (AvgIpc) is 3.17. The zero-order chi connectivity index (χ0) is 27.6. The van der Waals surface area contributed by atoms with Gasteiger partial charge in [-0.2, -0.15) is 0 Å². The molecule has 1 heterocycles. The molecule has 6 nitrogen and oxygen atoms in total. The molecule has 1 aliphatic rings. The summed E-state index contributed by atoms with van der Waals surface area (Å²) in [7, 11) is 1.55. The lowest BCUT2D eigenvalue weighted by molar-refractivity contribution is -0.132. The first-order valence-corrected chi connectivity index (χ1v) is 12.9. The Kier molecular flexibility index (Phi) is 7.63. The quantitative estimate of drug-likeness (QED) is 0.216. The fourth-order valence-electron chi connectivity index (χ4n) is 4.66. The van der Waals surface area contributed by atoms with Crippen LogP contribution in [-0.4, -0.2) is 30.5 Å². The van der Waals surface area contributed by atoms with E-state index in [0.717, 1.165) is 17.5 Å². The van der Waals surface area contributed by atoms with Crippen LogP contribution in [-0.2, 0) is 15.0 Å². The van der Waals surface area contributed by atoms with Gasteiger partial charge in [0.25, 0.3) is 11.7 Å². The summed E-state index contributed by atoms with van der Waals surface area (Å²) in [5, 5.41) is 11.7. The van der Waals surface area contributed by atoms with Gasteiger partial charge in [-0.3, -0.25) is 14.5 Å². The second-order valence-electron chi connectivity index (χ2n) is 10.6. The zero-order valence-electron chi connectivity index (χ0n) is 22.9. The van der Waals surface area contributed by atoms with Gasteiger partial charge >= 0.3 is 0 Å². The highest BCUT2D eigenvalue weighted by atomic mass is 16.5. The van der Waals surface area contributed by atoms with E-state index in [1.165, 1.54) is 4.90 Å². The molecule has 1 amide bonds. The Balaban J connectivity index is 1.97. The van der Waals surface area contributed by atoms with Gasteiger partial charge in [0.1, 0.15) is 17.3 Å². The van der Waals surface area contributed by atoms with Crippen LogP contribution in [0, 0.1) is 6.92 Å². The van der Waals surface area contributed by atoms with Crippen molar-refractivity contribution in [2.75, 3.05) is 18.6 Å². The standard InChI is InChI=1S/C32H35NO5/c1-7-16-38-25-13-8-10-21(17-25)28-27(29(34)26-18-22(32(3,4)5)15-14-20(26)2)30(35)31(36)33(28)23-11-9-12-24(19-23)37-6/h8-15,17-19,28,34H,7,16H2,1-6H3/b29-27+. The minimum absolute atomic E-state index is 0.0413. The number of Topliss-reactive ketones (excluding diaryl/α,β-unsaturated/α-hetero) is 1. The highest BCUT2D eigenvalue weighted by Crippen LogP contribution is 2.44. The first-order valence-electron chi connectivity index (χ1n) is 12.9. The normalized spacial score (nSPS) is 17.1. The molecule has 1 unspecified atom stereocenters. The van der Waals surface area contributed by atoms with Gasteiger partial charge in [0.05, 0.1) is 25.3 Å². The second-order valence-corrected chi connectivity index (χ2v) is 10.6. The number of ketones is 1. The lowest BCUT2D eigenvalue weighted by Crippen LogP contribution is -2.29. The summed E-state index contributed by atoms with van der Waals surface area (Å²) in [4.78, 5) is 28.6. The van der Waals surface area contributed by atoms with Crippen LogP contribution < -0.4 is 14.4 Å². The molecule has 4 rings (SSSR count). The first kappa shape index (κ1) is 27.0. The number of methoxy groups -OCH3 is 1. The lowest BCUT2D eigenvalue weighted by Gasteiger charge is -2.26. The third-order valence-corrected chi connectivity index (χ3v) is 6.78. The Labute approximate surface area is 224 Å². The van der Waals surface area contributed by atoms with E-state index in [0.29, 0.717) is 34.9 Å². The van der Waals surface area contributed by atoms with E-state index in [1.807, 2.05) is 56.3 Å². The fourth-order valence-corrected chi connectivity index (χ4v) is 4.66. The minimum Gasteiger partial charge on any atom is -0.507 e. The maximum atomic E-state index is 13.6. The molecule has 0 aromatic heterocycles. The number of benzene rings is 3. The van der Waals surface area contributed by atoms with Gasteiger partial charge in [0, 0.05) is 17.3 Å². The number of carbonyl (C=O) groups excluding carboxylic acids is 2. The van der Waals surface area contributed by atoms with E-state index in [4.69, 9.17) is 9.47 Å². The number of anilines is 1. The van der Waals surface area contributed by atoms with E-state index >= 15 is 0 Å². The smallest absolute Gasteiger partial charge is 0.300 e. The van der Waals surface area contributed by atoms with Gasteiger partial charge < -0.3 is 14.6 Å². The molecule has 3 aromatic rings. The van der Waals surface area contributed by atoms with Crippen LogP contribution in [0.3, 0.4) is 0 Å². The van der Waals surface area contributed by atoms with Crippen molar-refractivity contribution in [3.63, 3.8) is 0 Å². The molecule has 0 bridgehead atoms. The zero-order valence-corrected chi connectivity index (χ0v) is 22.9. The Morgan fingerprint density at radius 1 is 0.974 bits per heavy atom. The molecule has 38 heavy (non-hydrogen) atoms. The summed E-state index contributed by atoms with van der Waals surface area (Å²) in [5.41, 5.74) is 3.38. The number of aliphatic hydroxyl groups is 1. The highest BCUT2D eigenvalue weighted by Gasteiger charge is 2.47. The topological polar surface area (TPSA) is 76.1 Å². The van der Waals surface area contributed by atoms with Gasteiger partial charge in [0.15, 0.2) is 0 Å². The molecule has 0 spiro atoms. The average molecular weight is 514 g/mol. The number of aliphatic hydroxyl groups excluding tert-OH is 1. The maximum absolute atomic E-state index is 13.6. The summed E-state index contributed by atoms with van der Waals surface area (Å²) in [6.07, 6.45) is 0.843. The SMILES string of the molecule is CCCOc1cccc(C2/C(=C(\O)c3cc(C(C)(C)C)ccc3C)C(=O)C(=O)N2c2cccc(OC)c2)c1. The molecule has 0 saturated carbocycles. The molecule has 1 fully saturated rings. The summed E-state index contributed by atoms with van der Waals surface area (Å²) < 4.78 is 11.2. The number of hydrogen-bond donors (Lipinski definition) is 1. The second kappa shape index (κ2) is 10.7. The number of amides is 1. The van der Waals surface area contributed by atoms with Crippen LogP contribution in [0.15, 0.2) is 72.3 Å². The van der Waals surface area contributed by atoms with Gasteiger partial charge in [-0.15, -0.1) is 0 Å². The number of nitrogens with zero attached hydrogens (tertiary/aromatic N) is 1. The van der Waals surface area contributed by atoms with Gasteiger partial charge in [-0.1, -0.05) is 58.0 Å². The number of ether oxygens (including phenoxy) is 2. The van der Waals surface area contributed by atoms with Crippen LogP contribution in [0.5, 0.6) is 11.5 Å². The van der Waals surface area contributed by atoms with Crippen molar-refractivity contribution in [2.45, 2.75) is 52.5 Å². The molecule has 1 saturated heterocycles. The summed E-state index contributed by atoms with van der Waals surface area (Å²) >= 11 is 0. The van der Waals surface area contributed by atoms with Crippen LogP contribution in [0.1, 0.15) is 62.4 Å². The first-order chi connectivity index (χ1) is 18.1. The third kappa shape index (κ3) is 5.17. The van der Waals surface area contributed by atoms with E-state index in [9.17, 15) is 14.7 Å². The molecule has 6 heteroatoms. The Morgan fingerprint density at radius 2 is 1.68 bits per heavy atom. The summed E-state index contributed by atoms with van der Waals surface area (Å²) in [6, 6.07) is 19.3. The highest BCUT2D eigenvalue weighted by molar-refractivity contribution is 6.51. The van der Waals surface area contributed by atoms with Crippen molar-refractivity contribution in [1.29, 1.82) is 0 Å². The number of rotatable bonds is 7. The van der Waals surface area contributed by atoms with Crippen LogP contribution in [0.25, 0.3) is 5.76 Å². The number of hydrogen-bond acceptors (Lipinski definition) is 5. The fraction of sp³-hybridized carbons (Fsp3) is 0.312. The number of aryl methyl sites for hydroxylation is 1. The Morgan fingerprint density at radius 3 is 2.37 bits per heavy atom. The molecular weight excluding hydrogens is 478 g/mol. The maximum Gasteiger partial charge on any atom is 0.300 e. The third-order valence-electron chi connectivity index (χ3n) is 6.78. The minimum atomic E-state index is -0.857. The molecule has 0 aliphatic carbocycles. The molecule has 0 radical (unpaired) electrons. The van der Waals surface area contributed by atoms with Crippen molar-refractivity contribution in [2.24, 2.45) is 0 Å². The van der Waals surface area contributed by atoms with Gasteiger partial charge in [-0.25, -0.2) is 0 Å². The van der Waals surface area contributed by atoms with Gasteiger partial charge in [0.2, 0.25) is 0 Å². The van der Waals surface area contributed by atoms with Crippen molar-refractivity contribution in [3.8, 4) is 11.5 Å². The molecule has 1 aliphatic heterocycles. The van der Waals surface area contributed by atoms with Gasteiger partial charge in [-0.05, 0) is 65.8 Å².